The second-order valence-corrected chi connectivity index (χ2v) is 12.1. The normalized spacial score (nSPS) is 19.2. The van der Waals surface area contributed by atoms with E-state index in [1.807, 2.05) is 36.1 Å². The molecule has 1 unspecified atom stereocenters. The number of rotatable bonds is 6. The molecule has 2 aliphatic rings. The maximum atomic E-state index is 13.7. The molecule has 1 saturated carbocycles. The second-order valence-electron chi connectivity index (χ2n) is 9.84. The third-order valence-corrected chi connectivity index (χ3v) is 8.80. The summed E-state index contributed by atoms with van der Waals surface area (Å²) in [6.45, 7) is 6.94. The predicted octanol–water partition coefficient (Wildman–Crippen LogP) is 3.77. The van der Waals surface area contributed by atoms with Crippen molar-refractivity contribution >= 4 is 21.4 Å². The summed E-state index contributed by atoms with van der Waals surface area (Å²) in [6.07, 6.45) is 3.24. The monoisotopic (exact) mass is 493 g/mol. The Morgan fingerprint density at radius 2 is 1.80 bits per heavy atom. The van der Waals surface area contributed by atoms with Crippen molar-refractivity contribution in [1.29, 1.82) is 0 Å². The van der Waals surface area contributed by atoms with Gasteiger partial charge in [0.15, 0.2) is 9.84 Å². The number of hydrogen-bond acceptors (Lipinski definition) is 6. The van der Waals surface area contributed by atoms with Gasteiger partial charge in [-0.05, 0) is 69.0 Å². The van der Waals surface area contributed by atoms with Crippen molar-refractivity contribution < 1.29 is 17.6 Å². The first kappa shape index (κ1) is 23.6. The molecule has 1 aromatic carbocycles. The number of nitrogens with zero attached hydrogens (tertiary/aromatic N) is 2. The summed E-state index contributed by atoms with van der Waals surface area (Å²) in [5.41, 5.74) is 4.26. The van der Waals surface area contributed by atoms with Crippen molar-refractivity contribution in [3.63, 3.8) is 0 Å². The average molecular weight is 494 g/mol. The first-order valence-corrected chi connectivity index (χ1v) is 13.9. The molecule has 3 aromatic rings. The van der Waals surface area contributed by atoms with Crippen LogP contribution in [-0.2, 0) is 20.0 Å². The van der Waals surface area contributed by atoms with Crippen molar-refractivity contribution in [2.45, 2.75) is 45.1 Å². The third kappa shape index (κ3) is 4.72. The zero-order chi connectivity index (χ0) is 24.8. The van der Waals surface area contributed by atoms with Crippen LogP contribution in [0.25, 0.3) is 0 Å². The summed E-state index contributed by atoms with van der Waals surface area (Å²) in [7, 11) is -2.94. The van der Waals surface area contributed by atoms with E-state index in [-0.39, 0.29) is 23.5 Å². The van der Waals surface area contributed by atoms with Crippen LogP contribution >= 0.6 is 0 Å². The molecule has 1 aliphatic carbocycles. The van der Waals surface area contributed by atoms with Crippen molar-refractivity contribution in [3.05, 3.63) is 82.6 Å². The highest BCUT2D eigenvalue weighted by molar-refractivity contribution is 7.91. The van der Waals surface area contributed by atoms with Crippen LogP contribution in [0.2, 0.25) is 0 Å². The molecule has 0 bridgehead atoms. The van der Waals surface area contributed by atoms with E-state index in [9.17, 15) is 13.2 Å². The van der Waals surface area contributed by atoms with Gasteiger partial charge in [0.05, 0.1) is 34.5 Å². The van der Waals surface area contributed by atoms with Crippen LogP contribution in [0.1, 0.15) is 52.8 Å². The second kappa shape index (κ2) is 8.82. The van der Waals surface area contributed by atoms with Crippen molar-refractivity contribution in [2.24, 2.45) is 0 Å². The number of aryl methyl sites for hydroxylation is 3. The lowest BCUT2D eigenvalue weighted by Crippen LogP contribution is -2.40. The Balaban J connectivity index is 1.37. The Morgan fingerprint density at radius 3 is 2.37 bits per heavy atom. The van der Waals surface area contributed by atoms with Gasteiger partial charge in [-0.15, -0.1) is 0 Å². The smallest absolute Gasteiger partial charge is 0.233 e. The fourth-order valence-electron chi connectivity index (χ4n) is 4.88. The van der Waals surface area contributed by atoms with Gasteiger partial charge in [-0.25, -0.2) is 8.42 Å². The number of amides is 1. The minimum atomic E-state index is -2.94. The number of pyridine rings is 1. The number of carbonyl (C=O) groups is 1. The van der Waals surface area contributed by atoms with E-state index >= 15 is 0 Å². The summed E-state index contributed by atoms with van der Waals surface area (Å²) >= 11 is 0. The molecular formula is C27H31N3O4S. The van der Waals surface area contributed by atoms with E-state index in [2.05, 4.69) is 42.3 Å². The average Bonchev–Trinajstić information content (AvgIpc) is 3.53. The summed E-state index contributed by atoms with van der Waals surface area (Å²) in [5, 5.41) is 3.26. The van der Waals surface area contributed by atoms with Gasteiger partial charge >= 0.3 is 0 Å². The maximum Gasteiger partial charge on any atom is 0.233 e. The minimum absolute atomic E-state index is 0.0548. The van der Waals surface area contributed by atoms with Crippen molar-refractivity contribution in [1.82, 2.24) is 10.3 Å². The molecule has 8 heteroatoms. The van der Waals surface area contributed by atoms with Crippen LogP contribution in [0.4, 0.5) is 5.69 Å². The molecule has 3 heterocycles. The number of hydrogen-bond donors (Lipinski definition) is 1. The van der Waals surface area contributed by atoms with Gasteiger partial charge in [-0.1, -0.05) is 23.8 Å². The van der Waals surface area contributed by atoms with Gasteiger partial charge < -0.3 is 14.6 Å². The summed E-state index contributed by atoms with van der Waals surface area (Å²) in [6, 6.07) is 13.5. The Kier molecular flexibility index (Phi) is 5.95. The van der Waals surface area contributed by atoms with Gasteiger partial charge in [0.1, 0.15) is 17.6 Å². The molecule has 7 nitrogen and oxygen atoms in total. The molecule has 2 aromatic heterocycles. The van der Waals surface area contributed by atoms with Crippen molar-refractivity contribution in [3.8, 4) is 0 Å². The topological polar surface area (TPSA) is 92.5 Å². The number of aromatic nitrogens is 1. The molecule has 184 valence electrons. The molecule has 1 N–H and O–H groups in total. The zero-order valence-electron chi connectivity index (χ0n) is 20.4. The molecule has 0 spiro atoms. The number of anilines is 1. The fraction of sp³-hybridized carbons (Fsp3) is 0.407. The Hall–Kier alpha value is -3.13. The van der Waals surface area contributed by atoms with Gasteiger partial charge in [0.2, 0.25) is 5.91 Å². The van der Waals surface area contributed by atoms with Crippen LogP contribution < -0.4 is 10.2 Å². The van der Waals surface area contributed by atoms with Crippen LogP contribution in [0, 0.1) is 20.8 Å². The quantitative estimate of drug-likeness (QED) is 0.562. The first-order chi connectivity index (χ1) is 16.7. The molecule has 0 radical (unpaired) electrons. The number of furan rings is 1. The summed E-state index contributed by atoms with van der Waals surface area (Å²) in [4.78, 5) is 20.3. The standard InChI is InChI=1S/C27H31N3O4S/c1-18-4-7-22(19(2)16-18)25(23-8-5-20(3)34-23)29-26(31)27(10-11-27)24-9-6-21(17-28-24)30-12-14-35(32,33)15-13-30/h4-9,16-17,25H,10-15H2,1-3H3,(H,29,31). The van der Waals surface area contributed by atoms with E-state index in [1.54, 1.807) is 6.20 Å². The van der Waals surface area contributed by atoms with Gasteiger partial charge in [0.25, 0.3) is 0 Å². The predicted molar refractivity (Wildman–Crippen MR) is 135 cm³/mol. The van der Waals surface area contributed by atoms with Gasteiger partial charge in [-0.3, -0.25) is 9.78 Å². The lowest BCUT2D eigenvalue weighted by atomic mass is 9.95. The number of nitrogens with one attached hydrogen (secondary N) is 1. The van der Waals surface area contributed by atoms with E-state index in [1.165, 1.54) is 5.56 Å². The Bertz CT molecular complexity index is 1340. The molecule has 2 fully saturated rings. The maximum absolute atomic E-state index is 13.7. The van der Waals surface area contributed by atoms with Gasteiger partial charge in [-0.2, -0.15) is 0 Å². The minimum Gasteiger partial charge on any atom is -0.464 e. The zero-order valence-corrected chi connectivity index (χ0v) is 21.2. The highest BCUT2D eigenvalue weighted by Crippen LogP contribution is 2.48. The van der Waals surface area contributed by atoms with E-state index in [0.717, 1.165) is 41.1 Å². The van der Waals surface area contributed by atoms with E-state index < -0.39 is 15.3 Å². The number of benzene rings is 1. The van der Waals surface area contributed by atoms with Crippen LogP contribution in [-0.4, -0.2) is 43.9 Å². The lowest BCUT2D eigenvalue weighted by molar-refractivity contribution is -0.124. The highest BCUT2D eigenvalue weighted by Gasteiger charge is 2.53. The summed E-state index contributed by atoms with van der Waals surface area (Å²) in [5.74, 6) is 1.77. The number of carbonyl (C=O) groups excluding carboxylic acids is 1. The fourth-order valence-corrected chi connectivity index (χ4v) is 6.08. The van der Waals surface area contributed by atoms with E-state index in [4.69, 9.17) is 4.42 Å². The molecule has 35 heavy (non-hydrogen) atoms. The van der Waals surface area contributed by atoms with Crippen LogP contribution in [0.5, 0.6) is 0 Å². The molecule has 5 rings (SSSR count). The highest BCUT2D eigenvalue weighted by atomic mass is 32.2. The molecule has 1 amide bonds. The molecular weight excluding hydrogens is 462 g/mol. The summed E-state index contributed by atoms with van der Waals surface area (Å²) < 4.78 is 29.4. The van der Waals surface area contributed by atoms with Gasteiger partial charge in [0, 0.05) is 13.1 Å². The Morgan fingerprint density at radius 1 is 1.06 bits per heavy atom. The third-order valence-electron chi connectivity index (χ3n) is 7.19. The lowest BCUT2D eigenvalue weighted by Gasteiger charge is -2.28. The molecule has 1 aliphatic heterocycles. The Labute approximate surface area is 206 Å². The van der Waals surface area contributed by atoms with Crippen LogP contribution in [0.15, 0.2) is 53.1 Å². The number of sulfone groups is 1. The molecule has 1 atom stereocenters. The van der Waals surface area contributed by atoms with Crippen LogP contribution in [0.3, 0.4) is 0 Å². The first-order valence-electron chi connectivity index (χ1n) is 12.0. The van der Waals surface area contributed by atoms with E-state index in [0.29, 0.717) is 18.8 Å². The largest absolute Gasteiger partial charge is 0.464 e. The molecule has 1 saturated heterocycles. The van der Waals surface area contributed by atoms with Crippen molar-refractivity contribution in [2.75, 3.05) is 29.5 Å². The SMILES string of the molecule is Cc1ccc(C(NC(=O)C2(c3ccc(N4CCS(=O)(=O)CC4)cn3)CC2)c2ccc(C)o2)c(C)c1.